The lowest BCUT2D eigenvalue weighted by Crippen LogP contribution is -2.46. The number of hydrogen-bond acceptors (Lipinski definition) is 3. The average Bonchev–Trinajstić information content (AvgIpc) is 3.20. The van der Waals surface area contributed by atoms with Gasteiger partial charge in [0.2, 0.25) is 5.91 Å². The molecule has 2 heterocycles. The molecule has 0 bridgehead atoms. The monoisotopic (exact) mass is 405 g/mol. The highest BCUT2D eigenvalue weighted by Crippen LogP contribution is 2.25. The number of carbonyl (C=O) groups is 1. The quantitative estimate of drug-likeness (QED) is 0.694. The zero-order chi connectivity index (χ0) is 20.9. The van der Waals surface area contributed by atoms with Crippen LogP contribution in [-0.2, 0) is 11.2 Å². The molecule has 160 valence electrons. The topological polar surface area (TPSA) is 35.6 Å². The summed E-state index contributed by atoms with van der Waals surface area (Å²) in [4.78, 5) is 16.6. The van der Waals surface area contributed by atoms with E-state index in [-0.39, 0.29) is 11.9 Å². The van der Waals surface area contributed by atoms with Gasteiger partial charge in [-0.2, -0.15) is 0 Å². The first kappa shape index (κ1) is 20.9. The Balaban J connectivity index is 1.16. The molecule has 0 spiro atoms. The second kappa shape index (κ2) is 9.65. The SMILES string of the molecule is Cc1cccc(N2CCN(CCCCc3ccc(C4CCC(=O)N4)cc3)CC2)c1C. The summed E-state index contributed by atoms with van der Waals surface area (Å²) in [6.07, 6.45) is 5.21. The first-order valence-corrected chi connectivity index (χ1v) is 11.5. The molecular formula is C26H35N3O. The lowest BCUT2D eigenvalue weighted by atomic mass is 10.0. The summed E-state index contributed by atoms with van der Waals surface area (Å²) in [5.41, 5.74) is 6.87. The van der Waals surface area contributed by atoms with E-state index in [2.05, 4.69) is 71.4 Å². The Morgan fingerprint density at radius 3 is 2.43 bits per heavy atom. The van der Waals surface area contributed by atoms with E-state index in [1.807, 2.05) is 0 Å². The first-order valence-electron chi connectivity index (χ1n) is 11.5. The number of amides is 1. The number of benzene rings is 2. The van der Waals surface area contributed by atoms with Crippen LogP contribution in [0.15, 0.2) is 42.5 Å². The van der Waals surface area contributed by atoms with Crippen LogP contribution in [0, 0.1) is 13.8 Å². The third-order valence-corrected chi connectivity index (χ3v) is 6.86. The first-order chi connectivity index (χ1) is 14.6. The maximum absolute atomic E-state index is 11.4. The Kier molecular flexibility index (Phi) is 6.73. The standard InChI is InChI=1S/C26H35N3O/c1-20-6-5-8-25(21(20)2)29-18-16-28(17-19-29)15-4-3-7-22-9-11-23(12-10-22)24-13-14-26(30)27-24/h5-6,8-12,24H,3-4,7,13-19H2,1-2H3,(H,27,30). The van der Waals surface area contributed by atoms with E-state index >= 15 is 0 Å². The van der Waals surface area contributed by atoms with Crippen molar-refractivity contribution in [3.05, 3.63) is 64.7 Å². The van der Waals surface area contributed by atoms with Crippen molar-refractivity contribution < 1.29 is 4.79 Å². The molecule has 2 aliphatic heterocycles. The molecule has 2 aromatic carbocycles. The Bertz CT molecular complexity index is 853. The minimum atomic E-state index is 0.180. The highest BCUT2D eigenvalue weighted by atomic mass is 16.1. The van der Waals surface area contributed by atoms with Crippen molar-refractivity contribution in [2.45, 2.75) is 52.0 Å². The Morgan fingerprint density at radius 2 is 1.73 bits per heavy atom. The van der Waals surface area contributed by atoms with Crippen LogP contribution >= 0.6 is 0 Å². The minimum Gasteiger partial charge on any atom is -0.369 e. The molecule has 0 saturated carbocycles. The molecule has 1 atom stereocenters. The van der Waals surface area contributed by atoms with Crippen molar-refractivity contribution in [1.29, 1.82) is 0 Å². The van der Waals surface area contributed by atoms with Gasteiger partial charge in [0.15, 0.2) is 0 Å². The molecule has 4 rings (SSSR count). The number of hydrogen-bond donors (Lipinski definition) is 1. The van der Waals surface area contributed by atoms with Crippen LogP contribution < -0.4 is 10.2 Å². The zero-order valence-electron chi connectivity index (χ0n) is 18.5. The highest BCUT2D eigenvalue weighted by Gasteiger charge is 2.22. The molecule has 0 aromatic heterocycles. The van der Waals surface area contributed by atoms with Gasteiger partial charge in [-0.15, -0.1) is 0 Å². The van der Waals surface area contributed by atoms with Crippen LogP contribution in [0.5, 0.6) is 0 Å². The van der Waals surface area contributed by atoms with E-state index < -0.39 is 0 Å². The van der Waals surface area contributed by atoms with Gasteiger partial charge >= 0.3 is 0 Å². The molecule has 2 aliphatic rings. The van der Waals surface area contributed by atoms with Crippen molar-refractivity contribution in [3.8, 4) is 0 Å². The Morgan fingerprint density at radius 1 is 0.967 bits per heavy atom. The molecule has 1 unspecified atom stereocenters. The number of piperazine rings is 1. The maximum atomic E-state index is 11.4. The predicted molar refractivity (Wildman–Crippen MR) is 124 cm³/mol. The van der Waals surface area contributed by atoms with E-state index in [9.17, 15) is 4.79 Å². The van der Waals surface area contributed by atoms with Gasteiger partial charge < -0.3 is 10.2 Å². The smallest absolute Gasteiger partial charge is 0.220 e. The van der Waals surface area contributed by atoms with Crippen LogP contribution in [0.1, 0.15) is 54.0 Å². The molecule has 0 radical (unpaired) electrons. The van der Waals surface area contributed by atoms with E-state index in [1.54, 1.807) is 0 Å². The molecule has 2 fully saturated rings. The number of anilines is 1. The fraction of sp³-hybridized carbons (Fsp3) is 0.500. The van der Waals surface area contributed by atoms with Gasteiger partial charge in [-0.05, 0) is 74.4 Å². The number of carbonyl (C=O) groups excluding carboxylic acids is 1. The van der Waals surface area contributed by atoms with Gasteiger partial charge in [-0.1, -0.05) is 36.4 Å². The van der Waals surface area contributed by atoms with Gasteiger partial charge in [-0.3, -0.25) is 9.69 Å². The van der Waals surface area contributed by atoms with E-state index in [0.717, 1.165) is 39.0 Å². The lowest BCUT2D eigenvalue weighted by Gasteiger charge is -2.37. The molecule has 0 aliphatic carbocycles. The molecule has 4 nitrogen and oxygen atoms in total. The molecule has 1 amide bonds. The number of unbranched alkanes of at least 4 members (excludes halogenated alkanes) is 1. The van der Waals surface area contributed by atoms with E-state index in [4.69, 9.17) is 0 Å². The molecule has 2 aromatic rings. The lowest BCUT2D eigenvalue weighted by molar-refractivity contribution is -0.119. The van der Waals surface area contributed by atoms with Crippen LogP contribution in [0.4, 0.5) is 5.69 Å². The van der Waals surface area contributed by atoms with Crippen LogP contribution in [0.3, 0.4) is 0 Å². The van der Waals surface area contributed by atoms with Crippen molar-refractivity contribution in [3.63, 3.8) is 0 Å². The summed E-state index contributed by atoms with van der Waals surface area (Å²) < 4.78 is 0. The summed E-state index contributed by atoms with van der Waals surface area (Å²) in [5, 5.41) is 3.05. The third-order valence-electron chi connectivity index (χ3n) is 6.86. The summed E-state index contributed by atoms with van der Waals surface area (Å²) in [6.45, 7) is 10.2. The average molecular weight is 406 g/mol. The van der Waals surface area contributed by atoms with Gasteiger partial charge in [-0.25, -0.2) is 0 Å². The second-order valence-corrected chi connectivity index (χ2v) is 8.91. The van der Waals surface area contributed by atoms with E-state index in [0.29, 0.717) is 6.42 Å². The Labute approximate surface area is 181 Å². The summed E-state index contributed by atoms with van der Waals surface area (Å²) >= 11 is 0. The minimum absolute atomic E-state index is 0.180. The summed E-state index contributed by atoms with van der Waals surface area (Å²) in [7, 11) is 0. The van der Waals surface area contributed by atoms with Gasteiger partial charge in [0.1, 0.15) is 0 Å². The molecule has 2 saturated heterocycles. The molecule has 4 heteroatoms. The second-order valence-electron chi connectivity index (χ2n) is 8.91. The largest absolute Gasteiger partial charge is 0.369 e. The van der Waals surface area contributed by atoms with Crippen molar-refractivity contribution in [1.82, 2.24) is 10.2 Å². The summed E-state index contributed by atoms with van der Waals surface area (Å²) in [6, 6.07) is 15.7. The highest BCUT2D eigenvalue weighted by molar-refractivity contribution is 5.78. The van der Waals surface area contributed by atoms with Gasteiger partial charge in [0.25, 0.3) is 0 Å². The van der Waals surface area contributed by atoms with Gasteiger partial charge in [0.05, 0.1) is 6.04 Å². The third kappa shape index (κ3) is 5.04. The molecule has 30 heavy (non-hydrogen) atoms. The number of rotatable bonds is 7. The molecule has 1 N–H and O–H groups in total. The predicted octanol–water partition coefficient (Wildman–Crippen LogP) is 4.40. The zero-order valence-corrected chi connectivity index (χ0v) is 18.5. The number of aryl methyl sites for hydroxylation is 2. The summed E-state index contributed by atoms with van der Waals surface area (Å²) in [5.74, 6) is 0.180. The van der Waals surface area contributed by atoms with Crippen LogP contribution in [-0.4, -0.2) is 43.5 Å². The molecular weight excluding hydrogens is 370 g/mol. The van der Waals surface area contributed by atoms with Crippen molar-refractivity contribution in [2.75, 3.05) is 37.6 Å². The number of nitrogens with zero attached hydrogens (tertiary/aromatic N) is 2. The van der Waals surface area contributed by atoms with Crippen molar-refractivity contribution >= 4 is 11.6 Å². The van der Waals surface area contributed by atoms with Crippen LogP contribution in [0.2, 0.25) is 0 Å². The fourth-order valence-corrected chi connectivity index (χ4v) is 4.74. The van der Waals surface area contributed by atoms with Crippen molar-refractivity contribution in [2.24, 2.45) is 0 Å². The normalized spacial score (nSPS) is 19.9. The Hall–Kier alpha value is -2.33. The maximum Gasteiger partial charge on any atom is 0.220 e. The number of nitrogens with one attached hydrogen (secondary N) is 1. The van der Waals surface area contributed by atoms with E-state index in [1.165, 1.54) is 47.3 Å². The fourth-order valence-electron chi connectivity index (χ4n) is 4.74. The van der Waals surface area contributed by atoms with Crippen LogP contribution in [0.25, 0.3) is 0 Å². The van der Waals surface area contributed by atoms with Gasteiger partial charge in [0, 0.05) is 38.3 Å².